The summed E-state index contributed by atoms with van der Waals surface area (Å²) < 4.78 is 0. The number of nitrogens with zero attached hydrogens (tertiary/aromatic N) is 1. The molecular formula is C19H18Cl2N4O3. The summed E-state index contributed by atoms with van der Waals surface area (Å²) in [4.78, 5) is 39.0. The van der Waals surface area contributed by atoms with Crippen molar-refractivity contribution in [1.82, 2.24) is 5.32 Å². The van der Waals surface area contributed by atoms with Gasteiger partial charge in [-0.2, -0.15) is 0 Å². The topological polar surface area (TPSA) is 105 Å². The maximum absolute atomic E-state index is 13.1. The molecule has 0 spiro atoms. The molecule has 9 heteroatoms. The predicted octanol–water partition coefficient (Wildman–Crippen LogP) is 2.67. The van der Waals surface area contributed by atoms with Crippen molar-refractivity contribution in [3.8, 4) is 0 Å². The number of fused-ring (bicyclic) bond motifs is 1. The van der Waals surface area contributed by atoms with Crippen molar-refractivity contribution in [2.45, 2.75) is 13.0 Å². The molecule has 0 bridgehead atoms. The van der Waals surface area contributed by atoms with Crippen molar-refractivity contribution < 1.29 is 14.4 Å². The summed E-state index contributed by atoms with van der Waals surface area (Å²) in [5.74, 6) is -1.08. The number of amides is 3. The molecule has 3 rings (SSSR count). The zero-order chi connectivity index (χ0) is 20.4. The number of anilines is 2. The first-order valence-electron chi connectivity index (χ1n) is 8.55. The van der Waals surface area contributed by atoms with Gasteiger partial charge in [0.05, 0.1) is 21.4 Å². The molecule has 4 N–H and O–H groups in total. The van der Waals surface area contributed by atoms with Gasteiger partial charge >= 0.3 is 0 Å². The zero-order valence-electron chi connectivity index (χ0n) is 15.0. The normalized spacial score (nSPS) is 15.6. The Morgan fingerprint density at radius 1 is 1.14 bits per heavy atom. The first kappa shape index (κ1) is 20.1. The highest BCUT2D eigenvalue weighted by Gasteiger charge is 2.34. The molecule has 1 heterocycles. The Kier molecular flexibility index (Phi) is 5.88. The van der Waals surface area contributed by atoms with Crippen molar-refractivity contribution in [1.29, 1.82) is 0 Å². The van der Waals surface area contributed by atoms with Gasteiger partial charge in [0.15, 0.2) is 0 Å². The largest absolute Gasteiger partial charge is 0.351 e. The molecule has 28 heavy (non-hydrogen) atoms. The maximum Gasteiger partial charge on any atom is 0.259 e. The molecule has 0 aliphatic carbocycles. The average molecular weight is 421 g/mol. The van der Waals surface area contributed by atoms with E-state index in [2.05, 4.69) is 10.6 Å². The molecule has 0 radical (unpaired) electrons. The summed E-state index contributed by atoms with van der Waals surface area (Å²) in [6.07, 6.45) is 0. The molecular weight excluding hydrogens is 403 g/mol. The van der Waals surface area contributed by atoms with E-state index in [0.29, 0.717) is 40.6 Å². The van der Waals surface area contributed by atoms with Crippen molar-refractivity contribution in [2.24, 2.45) is 5.73 Å². The second-order valence-electron chi connectivity index (χ2n) is 6.25. The summed E-state index contributed by atoms with van der Waals surface area (Å²) in [6.45, 7) is 2.27. The van der Waals surface area contributed by atoms with Crippen LogP contribution in [0.15, 0.2) is 36.4 Å². The van der Waals surface area contributed by atoms with Gasteiger partial charge in [0.2, 0.25) is 5.91 Å². The van der Waals surface area contributed by atoms with Gasteiger partial charge in [-0.15, -0.1) is 0 Å². The third-order valence-electron chi connectivity index (χ3n) is 4.36. The Labute approximate surface area is 171 Å². The summed E-state index contributed by atoms with van der Waals surface area (Å²) >= 11 is 11.9. The van der Waals surface area contributed by atoms with Crippen LogP contribution in [0.2, 0.25) is 10.0 Å². The molecule has 1 unspecified atom stereocenters. The van der Waals surface area contributed by atoms with Gasteiger partial charge in [-0.1, -0.05) is 23.2 Å². The molecule has 2 aromatic carbocycles. The van der Waals surface area contributed by atoms with E-state index in [-0.39, 0.29) is 16.8 Å². The minimum Gasteiger partial charge on any atom is -0.351 e. The highest BCUT2D eigenvalue weighted by molar-refractivity contribution is 6.42. The van der Waals surface area contributed by atoms with Gasteiger partial charge < -0.3 is 16.4 Å². The first-order chi connectivity index (χ1) is 13.3. The van der Waals surface area contributed by atoms with Crippen molar-refractivity contribution >= 4 is 52.3 Å². The van der Waals surface area contributed by atoms with Crippen LogP contribution in [0, 0.1) is 0 Å². The predicted molar refractivity (Wildman–Crippen MR) is 109 cm³/mol. The molecule has 7 nitrogen and oxygen atoms in total. The third kappa shape index (κ3) is 3.82. The first-order valence-corrected chi connectivity index (χ1v) is 9.31. The fraction of sp³-hybridized carbons (Fsp3) is 0.211. The van der Waals surface area contributed by atoms with E-state index in [1.165, 1.54) is 23.1 Å². The number of hydrogen-bond donors (Lipinski definition) is 3. The Hall–Kier alpha value is -2.61. The van der Waals surface area contributed by atoms with Gasteiger partial charge in [0, 0.05) is 24.2 Å². The lowest BCUT2D eigenvalue weighted by molar-refractivity contribution is -0.117. The molecule has 2 aromatic rings. The fourth-order valence-corrected chi connectivity index (χ4v) is 3.19. The summed E-state index contributed by atoms with van der Waals surface area (Å²) in [6, 6.07) is 8.52. The van der Waals surface area contributed by atoms with Gasteiger partial charge in [-0.3, -0.25) is 19.3 Å². The van der Waals surface area contributed by atoms with Crippen LogP contribution in [0.25, 0.3) is 0 Å². The Bertz CT molecular complexity index is 964. The fourth-order valence-electron chi connectivity index (χ4n) is 2.89. The average Bonchev–Trinajstić information content (AvgIpc) is 2.68. The zero-order valence-corrected chi connectivity index (χ0v) is 16.5. The van der Waals surface area contributed by atoms with E-state index in [0.717, 1.165) is 0 Å². The highest BCUT2D eigenvalue weighted by Crippen LogP contribution is 2.35. The lowest BCUT2D eigenvalue weighted by atomic mass is 10.0. The summed E-state index contributed by atoms with van der Waals surface area (Å²) in [5, 5.41) is 5.97. The molecule has 1 atom stereocenters. The summed E-state index contributed by atoms with van der Waals surface area (Å²) in [7, 11) is 0. The van der Waals surface area contributed by atoms with Crippen LogP contribution >= 0.6 is 23.2 Å². The number of nitrogens with two attached hydrogens (primary N) is 1. The maximum atomic E-state index is 13.1. The van der Waals surface area contributed by atoms with Crippen LogP contribution < -0.4 is 21.3 Å². The van der Waals surface area contributed by atoms with E-state index in [1.807, 2.05) is 0 Å². The number of benzene rings is 2. The monoisotopic (exact) mass is 420 g/mol. The SMILES string of the molecule is CC1C(=O)Nc2cc(C(=O)NCCN)ccc2N1C(=O)c1ccc(Cl)c(Cl)c1. The Balaban J connectivity index is 1.99. The molecule has 1 aliphatic rings. The number of carbonyl (C=O) groups is 3. The van der Waals surface area contributed by atoms with Crippen LogP contribution in [0.1, 0.15) is 27.6 Å². The van der Waals surface area contributed by atoms with Gasteiger partial charge in [0.25, 0.3) is 11.8 Å². The van der Waals surface area contributed by atoms with Gasteiger partial charge in [-0.25, -0.2) is 0 Å². The lowest BCUT2D eigenvalue weighted by Crippen LogP contribution is -2.49. The minimum atomic E-state index is -0.744. The molecule has 0 fully saturated rings. The standard InChI is InChI=1S/C19H18Cl2N4O3/c1-10-17(26)24-15-9-11(18(27)23-7-6-22)3-5-16(15)25(10)19(28)12-2-4-13(20)14(21)8-12/h2-5,8-10H,6-7,22H2,1H3,(H,23,27)(H,24,26). The molecule has 146 valence electrons. The molecule has 0 saturated heterocycles. The van der Waals surface area contributed by atoms with Crippen LogP contribution in [-0.4, -0.2) is 36.9 Å². The molecule has 0 saturated carbocycles. The van der Waals surface area contributed by atoms with Crippen LogP contribution in [0.3, 0.4) is 0 Å². The minimum absolute atomic E-state index is 0.244. The van der Waals surface area contributed by atoms with Crippen LogP contribution in [0.5, 0.6) is 0 Å². The summed E-state index contributed by atoms with van der Waals surface area (Å²) in [5.41, 5.74) is 6.90. The molecule has 1 aliphatic heterocycles. The number of nitrogens with one attached hydrogen (secondary N) is 2. The number of hydrogen-bond acceptors (Lipinski definition) is 4. The van der Waals surface area contributed by atoms with Gasteiger partial charge in [0.1, 0.15) is 6.04 Å². The second kappa shape index (κ2) is 8.18. The van der Waals surface area contributed by atoms with Crippen LogP contribution in [-0.2, 0) is 4.79 Å². The Morgan fingerprint density at radius 3 is 2.54 bits per heavy atom. The van der Waals surface area contributed by atoms with E-state index in [1.54, 1.807) is 25.1 Å². The molecule has 0 aromatic heterocycles. The van der Waals surface area contributed by atoms with E-state index in [9.17, 15) is 14.4 Å². The number of rotatable bonds is 4. The second-order valence-corrected chi connectivity index (χ2v) is 7.06. The van der Waals surface area contributed by atoms with Crippen molar-refractivity contribution in [3.63, 3.8) is 0 Å². The van der Waals surface area contributed by atoms with Crippen molar-refractivity contribution in [2.75, 3.05) is 23.3 Å². The molecule has 3 amide bonds. The van der Waals surface area contributed by atoms with Crippen molar-refractivity contribution in [3.05, 3.63) is 57.6 Å². The third-order valence-corrected chi connectivity index (χ3v) is 5.10. The van der Waals surface area contributed by atoms with Gasteiger partial charge in [-0.05, 0) is 43.3 Å². The van der Waals surface area contributed by atoms with E-state index in [4.69, 9.17) is 28.9 Å². The lowest BCUT2D eigenvalue weighted by Gasteiger charge is -2.34. The number of carbonyl (C=O) groups excluding carboxylic acids is 3. The van der Waals surface area contributed by atoms with E-state index < -0.39 is 11.9 Å². The Morgan fingerprint density at radius 2 is 1.86 bits per heavy atom. The van der Waals surface area contributed by atoms with Crippen LogP contribution in [0.4, 0.5) is 11.4 Å². The van der Waals surface area contributed by atoms with E-state index >= 15 is 0 Å². The smallest absolute Gasteiger partial charge is 0.259 e. The highest BCUT2D eigenvalue weighted by atomic mass is 35.5. The number of halogens is 2. The quantitative estimate of drug-likeness (QED) is 0.706.